The van der Waals surface area contributed by atoms with Gasteiger partial charge in [-0.1, -0.05) is 11.6 Å². The fraction of sp³-hybridized carbons (Fsp3) is 0.500. The van der Waals surface area contributed by atoms with E-state index in [1.807, 2.05) is 12.3 Å². The summed E-state index contributed by atoms with van der Waals surface area (Å²) < 4.78 is 23.7. The maximum absolute atomic E-state index is 11.8. The van der Waals surface area contributed by atoms with E-state index < -0.39 is 9.84 Å². The number of rotatable bonds is 4. The molecule has 1 aliphatic carbocycles. The molecule has 0 unspecified atom stereocenters. The van der Waals surface area contributed by atoms with Crippen LogP contribution >= 0.6 is 23.4 Å². The standard InChI is InChI=1S/C12H16ClNO2S2/c1-17-11-9(13)5-8(12(7-14)3-4-12)6-10(11)18(2,15)16/h5-6H,3-4,7,14H2,1-2H3. The van der Waals surface area contributed by atoms with Crippen molar-refractivity contribution < 1.29 is 8.42 Å². The minimum absolute atomic E-state index is 0.0555. The van der Waals surface area contributed by atoms with Gasteiger partial charge in [-0.3, -0.25) is 0 Å². The van der Waals surface area contributed by atoms with Crippen LogP contribution in [-0.2, 0) is 15.3 Å². The zero-order valence-electron chi connectivity index (χ0n) is 10.4. The number of sulfone groups is 1. The Morgan fingerprint density at radius 3 is 2.44 bits per heavy atom. The highest BCUT2D eigenvalue weighted by Gasteiger charge is 2.43. The van der Waals surface area contributed by atoms with Gasteiger partial charge in [-0.25, -0.2) is 8.42 Å². The van der Waals surface area contributed by atoms with Crippen LogP contribution in [0.3, 0.4) is 0 Å². The van der Waals surface area contributed by atoms with Crippen molar-refractivity contribution in [2.24, 2.45) is 5.73 Å². The lowest BCUT2D eigenvalue weighted by molar-refractivity contribution is 0.599. The van der Waals surface area contributed by atoms with Gasteiger partial charge in [0.1, 0.15) is 0 Å². The summed E-state index contributed by atoms with van der Waals surface area (Å²) in [6, 6.07) is 3.61. The minimum Gasteiger partial charge on any atom is -0.330 e. The molecule has 0 amide bonds. The van der Waals surface area contributed by atoms with Crippen molar-refractivity contribution >= 4 is 33.2 Å². The molecule has 1 aromatic rings. The predicted octanol–water partition coefficient (Wildman–Crippen LogP) is 2.46. The molecule has 0 aromatic heterocycles. The first-order valence-electron chi connectivity index (χ1n) is 5.62. The van der Waals surface area contributed by atoms with Crippen LogP contribution in [0, 0.1) is 0 Å². The Hall–Kier alpha value is -0.230. The molecule has 2 N–H and O–H groups in total. The molecule has 2 rings (SSSR count). The molecule has 18 heavy (non-hydrogen) atoms. The number of hydrogen-bond donors (Lipinski definition) is 1. The lowest BCUT2D eigenvalue weighted by Gasteiger charge is -2.17. The van der Waals surface area contributed by atoms with Crippen LogP contribution in [0.1, 0.15) is 18.4 Å². The molecule has 0 saturated heterocycles. The molecule has 3 nitrogen and oxygen atoms in total. The van der Waals surface area contributed by atoms with E-state index >= 15 is 0 Å². The van der Waals surface area contributed by atoms with Crippen LogP contribution < -0.4 is 5.73 Å². The maximum atomic E-state index is 11.8. The lowest BCUT2D eigenvalue weighted by atomic mass is 9.96. The van der Waals surface area contributed by atoms with Gasteiger partial charge in [0.2, 0.25) is 0 Å². The van der Waals surface area contributed by atoms with Gasteiger partial charge in [-0.15, -0.1) is 11.8 Å². The average Bonchev–Trinajstić information content (AvgIpc) is 3.07. The molecular weight excluding hydrogens is 290 g/mol. The second-order valence-corrected chi connectivity index (χ2v) is 7.95. The topological polar surface area (TPSA) is 60.2 Å². The summed E-state index contributed by atoms with van der Waals surface area (Å²) in [5.41, 5.74) is 6.68. The van der Waals surface area contributed by atoms with Crippen molar-refractivity contribution in [3.63, 3.8) is 0 Å². The maximum Gasteiger partial charge on any atom is 0.176 e. The van der Waals surface area contributed by atoms with Crippen LogP contribution in [0.25, 0.3) is 0 Å². The third-order valence-corrected chi connectivity index (χ3v) is 5.98. The van der Waals surface area contributed by atoms with Gasteiger partial charge in [0.25, 0.3) is 0 Å². The van der Waals surface area contributed by atoms with Crippen molar-refractivity contribution in [3.05, 3.63) is 22.7 Å². The molecule has 1 fully saturated rings. The first-order chi connectivity index (χ1) is 8.34. The van der Waals surface area contributed by atoms with Gasteiger partial charge in [-0.2, -0.15) is 0 Å². The second-order valence-electron chi connectivity index (χ2n) is 4.75. The van der Waals surface area contributed by atoms with Crippen molar-refractivity contribution in [1.29, 1.82) is 0 Å². The highest BCUT2D eigenvalue weighted by atomic mass is 35.5. The molecule has 0 atom stereocenters. The summed E-state index contributed by atoms with van der Waals surface area (Å²) in [6.07, 6.45) is 5.04. The summed E-state index contributed by atoms with van der Waals surface area (Å²) >= 11 is 7.56. The van der Waals surface area contributed by atoms with Crippen molar-refractivity contribution in [2.45, 2.75) is 28.0 Å². The predicted molar refractivity (Wildman–Crippen MR) is 76.3 cm³/mol. The monoisotopic (exact) mass is 305 g/mol. The van der Waals surface area contributed by atoms with Crippen molar-refractivity contribution in [2.75, 3.05) is 19.1 Å². The first-order valence-corrected chi connectivity index (χ1v) is 9.11. The van der Waals surface area contributed by atoms with Crippen LogP contribution in [-0.4, -0.2) is 27.5 Å². The molecule has 0 bridgehead atoms. The van der Waals surface area contributed by atoms with Crippen LogP contribution in [0.5, 0.6) is 0 Å². The number of benzene rings is 1. The third-order valence-electron chi connectivity index (χ3n) is 3.47. The number of nitrogens with two attached hydrogens (primary N) is 1. The van der Waals surface area contributed by atoms with Crippen molar-refractivity contribution in [1.82, 2.24) is 0 Å². The van der Waals surface area contributed by atoms with Gasteiger partial charge in [0, 0.05) is 23.1 Å². The van der Waals surface area contributed by atoms with E-state index in [0.717, 1.165) is 18.4 Å². The molecule has 0 aliphatic heterocycles. The zero-order chi connectivity index (χ0) is 13.6. The Kier molecular flexibility index (Phi) is 3.71. The van der Waals surface area contributed by atoms with Gasteiger partial charge in [0.05, 0.1) is 9.92 Å². The second kappa shape index (κ2) is 4.71. The Morgan fingerprint density at radius 2 is 2.06 bits per heavy atom. The summed E-state index contributed by atoms with van der Waals surface area (Å²) in [6.45, 7) is 0.533. The van der Waals surface area contributed by atoms with E-state index in [4.69, 9.17) is 17.3 Å². The molecule has 1 aliphatic rings. The molecule has 1 saturated carbocycles. The third kappa shape index (κ3) is 2.41. The smallest absolute Gasteiger partial charge is 0.176 e. The highest BCUT2D eigenvalue weighted by molar-refractivity contribution is 7.99. The largest absolute Gasteiger partial charge is 0.330 e. The fourth-order valence-corrected chi connectivity index (χ4v) is 4.62. The molecule has 0 radical (unpaired) electrons. The minimum atomic E-state index is -3.28. The van der Waals surface area contributed by atoms with Gasteiger partial charge < -0.3 is 5.73 Å². The van der Waals surface area contributed by atoms with E-state index in [1.165, 1.54) is 18.0 Å². The van der Waals surface area contributed by atoms with E-state index in [1.54, 1.807) is 6.07 Å². The Morgan fingerprint density at radius 1 is 1.44 bits per heavy atom. The fourth-order valence-electron chi connectivity index (χ4n) is 2.11. The van der Waals surface area contributed by atoms with Crippen LogP contribution in [0.15, 0.2) is 21.9 Å². The molecule has 1 aromatic carbocycles. The molecular formula is C12H16ClNO2S2. The summed E-state index contributed by atoms with van der Waals surface area (Å²) in [4.78, 5) is 0.938. The Balaban J connectivity index is 2.64. The SMILES string of the molecule is CSc1c(Cl)cc(C2(CN)CC2)cc1S(C)(=O)=O. The number of halogens is 1. The van der Waals surface area contributed by atoms with Gasteiger partial charge >= 0.3 is 0 Å². The van der Waals surface area contributed by atoms with Gasteiger partial charge in [-0.05, 0) is 36.8 Å². The number of hydrogen-bond acceptors (Lipinski definition) is 4. The molecule has 6 heteroatoms. The lowest BCUT2D eigenvalue weighted by Crippen LogP contribution is -2.20. The van der Waals surface area contributed by atoms with E-state index in [0.29, 0.717) is 21.4 Å². The van der Waals surface area contributed by atoms with Crippen LogP contribution in [0.4, 0.5) is 0 Å². The van der Waals surface area contributed by atoms with E-state index in [-0.39, 0.29) is 5.41 Å². The number of thioether (sulfide) groups is 1. The first kappa shape index (κ1) is 14.2. The summed E-state index contributed by atoms with van der Waals surface area (Å²) in [7, 11) is -3.28. The normalized spacial score (nSPS) is 17.8. The quantitative estimate of drug-likeness (QED) is 0.868. The highest BCUT2D eigenvalue weighted by Crippen LogP contribution is 2.49. The molecule has 100 valence electrons. The Labute approximate surface area is 117 Å². The van der Waals surface area contributed by atoms with Crippen LogP contribution in [0.2, 0.25) is 5.02 Å². The summed E-state index contributed by atoms with van der Waals surface area (Å²) in [5.74, 6) is 0. The van der Waals surface area contributed by atoms with Crippen molar-refractivity contribution in [3.8, 4) is 0 Å². The molecule has 0 heterocycles. The van der Waals surface area contributed by atoms with E-state index in [2.05, 4.69) is 0 Å². The Bertz CT molecular complexity index is 580. The van der Waals surface area contributed by atoms with E-state index in [9.17, 15) is 8.42 Å². The van der Waals surface area contributed by atoms with Gasteiger partial charge in [0.15, 0.2) is 9.84 Å². The molecule has 0 spiro atoms. The average molecular weight is 306 g/mol. The zero-order valence-corrected chi connectivity index (χ0v) is 12.8. The summed E-state index contributed by atoms with van der Waals surface area (Å²) in [5, 5.41) is 0.500.